The zero-order valence-corrected chi connectivity index (χ0v) is 16.0. The first-order chi connectivity index (χ1) is 13.7. The third-order valence-electron chi connectivity index (χ3n) is 4.39. The van der Waals surface area contributed by atoms with Gasteiger partial charge in [-0.2, -0.15) is 10.2 Å². The summed E-state index contributed by atoms with van der Waals surface area (Å²) in [7, 11) is 0. The van der Waals surface area contributed by atoms with Crippen LogP contribution in [0.5, 0.6) is 11.5 Å². The van der Waals surface area contributed by atoms with E-state index < -0.39 is 0 Å². The van der Waals surface area contributed by atoms with E-state index in [-0.39, 0.29) is 11.5 Å². The van der Waals surface area contributed by atoms with Crippen molar-refractivity contribution in [1.29, 1.82) is 0 Å². The highest BCUT2D eigenvalue weighted by Crippen LogP contribution is 2.40. The average Bonchev–Trinajstić information content (AvgIpc) is 3.49. The van der Waals surface area contributed by atoms with Crippen LogP contribution in [0.3, 0.4) is 0 Å². The fourth-order valence-corrected chi connectivity index (χ4v) is 4.41. The molecular formula is C20H14N4O2S2. The van der Waals surface area contributed by atoms with Gasteiger partial charge in [0.2, 0.25) is 0 Å². The number of nitrogens with one attached hydrogen (secondary N) is 2. The van der Waals surface area contributed by atoms with Gasteiger partial charge in [0.1, 0.15) is 11.5 Å². The highest BCUT2D eigenvalue weighted by Gasteiger charge is 2.17. The van der Waals surface area contributed by atoms with Gasteiger partial charge in [-0.15, -0.1) is 22.7 Å². The summed E-state index contributed by atoms with van der Waals surface area (Å²) in [6.45, 7) is 0. The van der Waals surface area contributed by atoms with Crippen LogP contribution in [-0.2, 0) is 0 Å². The minimum atomic E-state index is -0.0421. The Balaban J connectivity index is 1.56. The number of phenolic OH excluding ortho intramolecular Hbond substituents is 2. The number of hydrogen-bond donors (Lipinski definition) is 4. The third-order valence-corrected chi connectivity index (χ3v) is 6.20. The number of phenols is 2. The van der Waals surface area contributed by atoms with Gasteiger partial charge in [-0.25, -0.2) is 0 Å². The van der Waals surface area contributed by atoms with Gasteiger partial charge in [0.25, 0.3) is 0 Å². The predicted molar refractivity (Wildman–Crippen MR) is 112 cm³/mol. The summed E-state index contributed by atoms with van der Waals surface area (Å²) in [5.74, 6) is -0.0843. The Morgan fingerprint density at radius 2 is 1.18 bits per heavy atom. The van der Waals surface area contributed by atoms with Crippen LogP contribution in [0, 0.1) is 0 Å². The zero-order chi connectivity index (χ0) is 19.1. The molecule has 0 spiro atoms. The summed E-state index contributed by atoms with van der Waals surface area (Å²) in [6, 6.07) is 14.7. The van der Waals surface area contributed by atoms with Crippen LogP contribution in [0.2, 0.25) is 0 Å². The molecule has 0 atom stereocenters. The molecule has 0 unspecified atom stereocenters. The second kappa shape index (κ2) is 6.66. The Hall–Kier alpha value is -3.36. The molecule has 0 aliphatic carbocycles. The molecule has 4 N–H and O–H groups in total. The molecule has 6 nitrogen and oxygen atoms in total. The van der Waals surface area contributed by atoms with Crippen molar-refractivity contribution >= 4 is 22.7 Å². The van der Waals surface area contributed by atoms with Gasteiger partial charge in [0, 0.05) is 17.2 Å². The molecule has 5 rings (SSSR count). The quantitative estimate of drug-likeness (QED) is 0.324. The molecule has 0 fully saturated rings. The van der Waals surface area contributed by atoms with Crippen molar-refractivity contribution in [3.05, 3.63) is 59.3 Å². The van der Waals surface area contributed by atoms with Gasteiger partial charge in [0.05, 0.1) is 32.5 Å². The van der Waals surface area contributed by atoms with Crippen molar-refractivity contribution in [3.8, 4) is 55.2 Å². The van der Waals surface area contributed by atoms with Gasteiger partial charge < -0.3 is 10.2 Å². The summed E-state index contributed by atoms with van der Waals surface area (Å²) in [5.41, 5.74) is 3.98. The highest BCUT2D eigenvalue weighted by atomic mass is 32.1. The second-order valence-corrected chi connectivity index (χ2v) is 8.07. The van der Waals surface area contributed by atoms with Crippen molar-refractivity contribution in [1.82, 2.24) is 20.4 Å². The number of nitrogens with zero attached hydrogens (tertiary/aromatic N) is 2. The fraction of sp³-hybridized carbons (Fsp3) is 0. The van der Waals surface area contributed by atoms with Gasteiger partial charge in [-0.1, -0.05) is 12.1 Å². The van der Waals surface area contributed by atoms with Crippen molar-refractivity contribution in [3.63, 3.8) is 0 Å². The number of aromatic amines is 2. The second-order valence-electron chi connectivity index (χ2n) is 6.17. The van der Waals surface area contributed by atoms with Crippen LogP contribution >= 0.6 is 22.7 Å². The Labute approximate surface area is 167 Å². The molecule has 5 aromatic rings. The summed E-state index contributed by atoms with van der Waals surface area (Å²) < 4.78 is 0. The Morgan fingerprint density at radius 3 is 1.61 bits per heavy atom. The van der Waals surface area contributed by atoms with E-state index in [9.17, 15) is 10.2 Å². The predicted octanol–water partition coefficient (Wildman–Crippen LogP) is 5.34. The molecule has 4 aromatic heterocycles. The van der Waals surface area contributed by atoms with E-state index in [1.165, 1.54) is 6.07 Å². The SMILES string of the molecule is Oc1cc(O)c(-c2cc(-c3cccs3)[nH]n2)cc1-c1cc(-c2cccs2)[nH]n1. The van der Waals surface area contributed by atoms with Crippen molar-refractivity contribution < 1.29 is 10.2 Å². The summed E-state index contributed by atoms with van der Waals surface area (Å²) in [4.78, 5) is 2.12. The van der Waals surface area contributed by atoms with E-state index in [1.807, 2.05) is 47.2 Å². The maximum Gasteiger partial charge on any atom is 0.128 e. The lowest BCUT2D eigenvalue weighted by Gasteiger charge is -2.07. The van der Waals surface area contributed by atoms with E-state index in [1.54, 1.807) is 28.7 Å². The molecule has 28 heavy (non-hydrogen) atoms. The van der Waals surface area contributed by atoms with E-state index in [4.69, 9.17) is 0 Å². The molecule has 0 aliphatic heterocycles. The maximum absolute atomic E-state index is 10.4. The number of aromatic nitrogens is 4. The lowest BCUT2D eigenvalue weighted by atomic mass is 10.0. The minimum absolute atomic E-state index is 0.0421. The smallest absolute Gasteiger partial charge is 0.128 e. The standard InChI is InChI=1S/C20H14N4O2S2/c25-17-10-18(26)12(14-9-16(24-22-14)20-4-2-6-28-20)7-11(17)13-8-15(23-21-13)19-3-1-5-27-19/h1-10,25-26H,(H,21,23)(H,22,24). The first kappa shape index (κ1) is 16.8. The van der Waals surface area contributed by atoms with Gasteiger partial charge in [-0.05, 0) is 41.1 Å². The van der Waals surface area contributed by atoms with E-state index in [0.717, 1.165) is 21.1 Å². The van der Waals surface area contributed by atoms with Crippen LogP contribution in [0.4, 0.5) is 0 Å². The van der Waals surface area contributed by atoms with Crippen LogP contribution in [0.1, 0.15) is 0 Å². The third kappa shape index (κ3) is 2.88. The molecule has 0 radical (unpaired) electrons. The number of H-pyrrole nitrogens is 2. The summed E-state index contributed by atoms with van der Waals surface area (Å²) in [6.07, 6.45) is 0. The summed E-state index contributed by atoms with van der Waals surface area (Å²) >= 11 is 3.21. The molecule has 0 aliphatic rings. The summed E-state index contributed by atoms with van der Waals surface area (Å²) in [5, 5.41) is 39.4. The van der Waals surface area contributed by atoms with Crippen LogP contribution < -0.4 is 0 Å². The topological polar surface area (TPSA) is 97.8 Å². The monoisotopic (exact) mass is 406 g/mol. The fourth-order valence-electron chi connectivity index (χ4n) is 3.02. The minimum Gasteiger partial charge on any atom is -0.507 e. The molecule has 138 valence electrons. The maximum atomic E-state index is 10.4. The number of thiophene rings is 2. The zero-order valence-electron chi connectivity index (χ0n) is 14.4. The first-order valence-electron chi connectivity index (χ1n) is 8.44. The molecule has 0 amide bonds. The van der Waals surface area contributed by atoms with E-state index in [0.29, 0.717) is 22.5 Å². The van der Waals surface area contributed by atoms with Gasteiger partial charge in [0.15, 0.2) is 0 Å². The largest absolute Gasteiger partial charge is 0.507 e. The number of hydrogen-bond acceptors (Lipinski definition) is 6. The van der Waals surface area contributed by atoms with Crippen LogP contribution in [-0.4, -0.2) is 30.6 Å². The van der Waals surface area contributed by atoms with Crippen molar-refractivity contribution in [2.75, 3.05) is 0 Å². The highest BCUT2D eigenvalue weighted by molar-refractivity contribution is 7.13. The van der Waals surface area contributed by atoms with Crippen LogP contribution in [0.25, 0.3) is 43.7 Å². The van der Waals surface area contributed by atoms with Crippen LogP contribution in [0.15, 0.2) is 59.3 Å². The molecule has 0 saturated carbocycles. The Kier molecular flexibility index (Phi) is 4.00. The average molecular weight is 406 g/mol. The molecule has 4 heterocycles. The molecule has 1 aromatic carbocycles. The Bertz CT molecular complexity index is 1140. The van der Waals surface area contributed by atoms with Crippen molar-refractivity contribution in [2.45, 2.75) is 0 Å². The number of aromatic hydroxyl groups is 2. The first-order valence-corrected chi connectivity index (χ1v) is 10.2. The van der Waals surface area contributed by atoms with E-state index in [2.05, 4.69) is 20.4 Å². The van der Waals surface area contributed by atoms with Gasteiger partial charge in [-0.3, -0.25) is 10.2 Å². The van der Waals surface area contributed by atoms with Crippen molar-refractivity contribution in [2.24, 2.45) is 0 Å². The number of rotatable bonds is 4. The normalized spacial score (nSPS) is 11.1. The molecular weight excluding hydrogens is 392 g/mol. The van der Waals surface area contributed by atoms with E-state index >= 15 is 0 Å². The number of benzene rings is 1. The molecule has 0 saturated heterocycles. The molecule has 8 heteroatoms. The lowest BCUT2D eigenvalue weighted by molar-refractivity contribution is 0.453. The Morgan fingerprint density at radius 1 is 0.679 bits per heavy atom. The lowest BCUT2D eigenvalue weighted by Crippen LogP contribution is -1.85. The van der Waals surface area contributed by atoms with Gasteiger partial charge >= 0.3 is 0 Å². The molecule has 0 bridgehead atoms.